The number of nitrogens with zero attached hydrogens (tertiary/aromatic N) is 2. The lowest BCUT2D eigenvalue weighted by atomic mass is 9.95. The van der Waals surface area contributed by atoms with Crippen molar-refractivity contribution in [2.24, 2.45) is 5.92 Å². The van der Waals surface area contributed by atoms with E-state index in [2.05, 4.69) is 4.90 Å². The molecule has 1 aliphatic rings. The molecule has 128 valence electrons. The SMILES string of the molecule is CN(C)C(=O)C1CCN(CC(O)COc2ccc(F)cc2)CC1. The molecule has 1 fully saturated rings. The summed E-state index contributed by atoms with van der Waals surface area (Å²) in [7, 11) is 3.57. The first kappa shape index (κ1) is 17.7. The molecule has 0 aliphatic carbocycles. The van der Waals surface area contributed by atoms with E-state index in [-0.39, 0.29) is 24.2 Å². The van der Waals surface area contributed by atoms with Crippen molar-refractivity contribution in [2.45, 2.75) is 18.9 Å². The van der Waals surface area contributed by atoms with Gasteiger partial charge in [-0.3, -0.25) is 4.79 Å². The molecule has 1 N–H and O–H groups in total. The van der Waals surface area contributed by atoms with Crippen LogP contribution in [0.1, 0.15) is 12.8 Å². The van der Waals surface area contributed by atoms with Gasteiger partial charge in [-0.25, -0.2) is 4.39 Å². The number of rotatable bonds is 6. The lowest BCUT2D eigenvalue weighted by molar-refractivity contribution is -0.134. The van der Waals surface area contributed by atoms with Crippen molar-refractivity contribution in [2.75, 3.05) is 40.3 Å². The molecular weight excluding hydrogens is 299 g/mol. The van der Waals surface area contributed by atoms with Crippen molar-refractivity contribution in [1.82, 2.24) is 9.80 Å². The zero-order chi connectivity index (χ0) is 16.8. The van der Waals surface area contributed by atoms with E-state index in [9.17, 15) is 14.3 Å². The van der Waals surface area contributed by atoms with Gasteiger partial charge in [0.25, 0.3) is 0 Å². The van der Waals surface area contributed by atoms with E-state index in [0.29, 0.717) is 12.3 Å². The number of likely N-dealkylation sites (tertiary alicyclic amines) is 1. The summed E-state index contributed by atoms with van der Waals surface area (Å²) in [5, 5.41) is 10.1. The maximum absolute atomic E-state index is 12.8. The maximum atomic E-state index is 12.8. The molecule has 1 aromatic carbocycles. The fraction of sp³-hybridized carbons (Fsp3) is 0.588. The molecule has 1 aromatic rings. The molecule has 1 saturated heterocycles. The van der Waals surface area contributed by atoms with Crippen molar-refractivity contribution < 1.29 is 19.0 Å². The molecule has 1 unspecified atom stereocenters. The van der Waals surface area contributed by atoms with Gasteiger partial charge in [-0.1, -0.05) is 0 Å². The Balaban J connectivity index is 1.69. The number of aliphatic hydroxyl groups is 1. The largest absolute Gasteiger partial charge is 0.491 e. The van der Waals surface area contributed by atoms with Crippen LogP contribution >= 0.6 is 0 Å². The lowest BCUT2D eigenvalue weighted by Crippen LogP contribution is -2.43. The second-order valence-electron chi connectivity index (χ2n) is 6.23. The van der Waals surface area contributed by atoms with Gasteiger partial charge in [0, 0.05) is 26.6 Å². The van der Waals surface area contributed by atoms with Crippen LogP contribution in [0.15, 0.2) is 24.3 Å². The van der Waals surface area contributed by atoms with E-state index in [0.717, 1.165) is 25.9 Å². The monoisotopic (exact) mass is 324 g/mol. The average molecular weight is 324 g/mol. The highest BCUT2D eigenvalue weighted by Gasteiger charge is 2.26. The van der Waals surface area contributed by atoms with Gasteiger partial charge in [0.05, 0.1) is 0 Å². The average Bonchev–Trinajstić information content (AvgIpc) is 2.54. The van der Waals surface area contributed by atoms with Crippen molar-refractivity contribution in [3.05, 3.63) is 30.1 Å². The predicted octanol–water partition coefficient (Wildman–Crippen LogP) is 1.37. The number of ether oxygens (including phenoxy) is 1. The first-order valence-corrected chi connectivity index (χ1v) is 7.95. The minimum atomic E-state index is -0.610. The quantitative estimate of drug-likeness (QED) is 0.859. The molecule has 0 aromatic heterocycles. The highest BCUT2D eigenvalue weighted by molar-refractivity contribution is 5.78. The van der Waals surface area contributed by atoms with Gasteiger partial charge in [-0.15, -0.1) is 0 Å². The van der Waals surface area contributed by atoms with E-state index in [1.165, 1.54) is 12.1 Å². The van der Waals surface area contributed by atoms with Gasteiger partial charge in [-0.05, 0) is 50.2 Å². The van der Waals surface area contributed by atoms with Gasteiger partial charge in [0.2, 0.25) is 5.91 Å². The molecule has 0 spiro atoms. The maximum Gasteiger partial charge on any atom is 0.225 e. The number of amides is 1. The number of β-amino-alcohol motifs (C(OH)–C–C–N with tert-alkyl or cyclic N) is 1. The Morgan fingerprint density at radius 1 is 1.35 bits per heavy atom. The molecule has 6 heteroatoms. The lowest BCUT2D eigenvalue weighted by Gasteiger charge is -2.33. The minimum Gasteiger partial charge on any atom is -0.491 e. The van der Waals surface area contributed by atoms with Crippen LogP contribution in [0, 0.1) is 11.7 Å². The topological polar surface area (TPSA) is 53.0 Å². The molecule has 0 bridgehead atoms. The van der Waals surface area contributed by atoms with Crippen molar-refractivity contribution in [1.29, 1.82) is 0 Å². The molecule has 0 radical (unpaired) electrons. The highest BCUT2D eigenvalue weighted by atomic mass is 19.1. The van der Waals surface area contributed by atoms with Crippen molar-refractivity contribution in [3.63, 3.8) is 0 Å². The third-order valence-corrected chi connectivity index (χ3v) is 4.10. The summed E-state index contributed by atoms with van der Waals surface area (Å²) in [6, 6.07) is 5.74. The molecule has 2 rings (SSSR count). The third kappa shape index (κ3) is 5.48. The van der Waals surface area contributed by atoms with Gasteiger partial charge in [0.1, 0.15) is 24.3 Å². The number of benzene rings is 1. The van der Waals surface area contributed by atoms with Crippen LogP contribution in [0.25, 0.3) is 0 Å². The number of carbonyl (C=O) groups is 1. The molecule has 1 aliphatic heterocycles. The molecule has 0 saturated carbocycles. The van der Waals surface area contributed by atoms with Gasteiger partial charge < -0.3 is 19.6 Å². The van der Waals surface area contributed by atoms with Gasteiger partial charge in [0.15, 0.2) is 0 Å². The Morgan fingerprint density at radius 3 is 2.52 bits per heavy atom. The first-order chi connectivity index (χ1) is 11.0. The second kappa shape index (κ2) is 8.26. The molecule has 5 nitrogen and oxygen atoms in total. The molecule has 23 heavy (non-hydrogen) atoms. The standard InChI is InChI=1S/C17H25FN2O3/c1-19(2)17(22)13-7-9-20(10-8-13)11-15(21)12-23-16-5-3-14(18)4-6-16/h3-6,13,15,21H,7-12H2,1-2H3. The Labute approximate surface area is 136 Å². The number of piperidine rings is 1. The molecule has 1 heterocycles. The molecular formula is C17H25FN2O3. The van der Waals surface area contributed by atoms with Crippen LogP contribution in [0.5, 0.6) is 5.75 Å². The number of hydrogen-bond acceptors (Lipinski definition) is 4. The van der Waals surface area contributed by atoms with Crippen LogP contribution in [0.2, 0.25) is 0 Å². The summed E-state index contributed by atoms with van der Waals surface area (Å²) in [5.41, 5.74) is 0. The molecule has 1 atom stereocenters. The van der Waals surface area contributed by atoms with E-state index >= 15 is 0 Å². The third-order valence-electron chi connectivity index (χ3n) is 4.10. The number of hydrogen-bond donors (Lipinski definition) is 1. The summed E-state index contributed by atoms with van der Waals surface area (Å²) < 4.78 is 18.2. The normalized spacial score (nSPS) is 17.7. The van der Waals surface area contributed by atoms with Gasteiger partial charge in [-0.2, -0.15) is 0 Å². The Bertz CT molecular complexity index is 499. The Morgan fingerprint density at radius 2 is 1.96 bits per heavy atom. The van der Waals surface area contributed by atoms with Crippen LogP contribution in [0.4, 0.5) is 4.39 Å². The summed E-state index contributed by atoms with van der Waals surface area (Å²) in [4.78, 5) is 15.7. The van der Waals surface area contributed by atoms with Crippen LogP contribution in [-0.2, 0) is 4.79 Å². The number of aliphatic hydroxyl groups excluding tert-OH is 1. The Hall–Kier alpha value is -1.66. The Kier molecular flexibility index (Phi) is 6.36. The van der Waals surface area contributed by atoms with Gasteiger partial charge >= 0.3 is 0 Å². The second-order valence-corrected chi connectivity index (χ2v) is 6.23. The summed E-state index contributed by atoms with van der Waals surface area (Å²) in [6.07, 6.45) is 1.03. The highest BCUT2D eigenvalue weighted by Crippen LogP contribution is 2.19. The van der Waals surface area contributed by atoms with E-state index < -0.39 is 6.10 Å². The zero-order valence-electron chi connectivity index (χ0n) is 13.7. The molecule has 1 amide bonds. The zero-order valence-corrected chi connectivity index (χ0v) is 13.7. The van der Waals surface area contributed by atoms with Crippen molar-refractivity contribution in [3.8, 4) is 5.75 Å². The summed E-state index contributed by atoms with van der Waals surface area (Å²) >= 11 is 0. The fourth-order valence-electron chi connectivity index (χ4n) is 2.80. The van der Waals surface area contributed by atoms with Crippen molar-refractivity contribution >= 4 is 5.91 Å². The van der Waals surface area contributed by atoms with Crippen LogP contribution in [0.3, 0.4) is 0 Å². The number of carbonyl (C=O) groups excluding carboxylic acids is 1. The van der Waals surface area contributed by atoms with Crippen LogP contribution < -0.4 is 4.74 Å². The summed E-state index contributed by atoms with van der Waals surface area (Å²) in [5.74, 6) is 0.507. The predicted molar refractivity (Wildman–Crippen MR) is 85.8 cm³/mol. The smallest absolute Gasteiger partial charge is 0.225 e. The van der Waals surface area contributed by atoms with E-state index in [4.69, 9.17) is 4.74 Å². The first-order valence-electron chi connectivity index (χ1n) is 7.95. The minimum absolute atomic E-state index is 0.0915. The van der Waals surface area contributed by atoms with E-state index in [1.807, 2.05) is 0 Å². The van der Waals surface area contributed by atoms with E-state index in [1.54, 1.807) is 31.1 Å². The fourth-order valence-corrected chi connectivity index (χ4v) is 2.80. The van der Waals surface area contributed by atoms with Crippen LogP contribution in [-0.4, -0.2) is 67.3 Å². The summed E-state index contributed by atoms with van der Waals surface area (Å²) in [6.45, 7) is 2.29. The number of halogens is 1.